The van der Waals surface area contributed by atoms with E-state index in [2.05, 4.69) is 70.5 Å². The number of rotatable bonds is 5. The number of hydrogen-bond donors (Lipinski definition) is 0. The number of benzene rings is 2. The van der Waals surface area contributed by atoms with Crippen LogP contribution in [0.4, 0.5) is 0 Å². The Kier molecular flexibility index (Phi) is 6.26. The summed E-state index contributed by atoms with van der Waals surface area (Å²) in [6.07, 6.45) is 3.73. The van der Waals surface area contributed by atoms with Gasteiger partial charge in [-0.05, 0) is 36.8 Å². The maximum absolute atomic E-state index is 13.2. The summed E-state index contributed by atoms with van der Waals surface area (Å²) in [6, 6.07) is 21.5. The van der Waals surface area contributed by atoms with Gasteiger partial charge in [-0.25, -0.2) is 0 Å². The Bertz CT molecular complexity index is 873. The lowest BCUT2D eigenvalue weighted by atomic mass is 9.94. The van der Waals surface area contributed by atoms with Crippen LogP contribution in [-0.2, 0) is 9.59 Å². The Morgan fingerprint density at radius 2 is 1.03 bits per heavy atom. The number of piperidine rings is 1. The van der Waals surface area contributed by atoms with Gasteiger partial charge in [0.15, 0.2) is 0 Å². The average molecular weight is 432 g/mol. The number of nitrogens with zero attached hydrogens (tertiary/aromatic N) is 3. The molecule has 0 spiro atoms. The van der Waals surface area contributed by atoms with E-state index in [4.69, 9.17) is 0 Å². The van der Waals surface area contributed by atoms with E-state index in [9.17, 15) is 9.59 Å². The van der Waals surface area contributed by atoms with Crippen LogP contribution in [0.1, 0.15) is 42.9 Å². The van der Waals surface area contributed by atoms with Crippen molar-refractivity contribution in [1.82, 2.24) is 14.7 Å². The molecular formula is C27H33N3O2. The molecule has 2 aliphatic heterocycles. The van der Waals surface area contributed by atoms with Crippen molar-refractivity contribution in [3.63, 3.8) is 0 Å². The third kappa shape index (κ3) is 4.58. The summed E-state index contributed by atoms with van der Waals surface area (Å²) in [6.45, 7) is 4.79. The third-order valence-corrected chi connectivity index (χ3v) is 7.30. The molecule has 0 atom stereocenters. The minimum atomic E-state index is 0.0730. The Balaban J connectivity index is 1.19. The van der Waals surface area contributed by atoms with Crippen molar-refractivity contribution in [1.29, 1.82) is 0 Å². The lowest BCUT2D eigenvalue weighted by molar-refractivity contribution is -0.142. The van der Waals surface area contributed by atoms with Gasteiger partial charge in [0.05, 0.1) is 6.04 Å². The molecule has 2 heterocycles. The molecule has 168 valence electrons. The fourth-order valence-corrected chi connectivity index (χ4v) is 5.28. The van der Waals surface area contributed by atoms with Crippen LogP contribution in [-0.4, -0.2) is 65.8 Å². The molecule has 0 bridgehead atoms. The fourth-order valence-electron chi connectivity index (χ4n) is 5.28. The number of piperazine rings is 1. The molecule has 2 aromatic carbocycles. The van der Waals surface area contributed by atoms with Crippen LogP contribution < -0.4 is 0 Å². The minimum Gasteiger partial charge on any atom is -0.342 e. The van der Waals surface area contributed by atoms with Crippen LogP contribution in [0.5, 0.6) is 0 Å². The van der Waals surface area contributed by atoms with Gasteiger partial charge in [-0.1, -0.05) is 60.7 Å². The van der Waals surface area contributed by atoms with Crippen LogP contribution in [0.25, 0.3) is 0 Å². The molecular weight excluding hydrogens is 398 g/mol. The van der Waals surface area contributed by atoms with Crippen molar-refractivity contribution in [2.45, 2.75) is 31.7 Å². The van der Waals surface area contributed by atoms with Crippen LogP contribution in [0.2, 0.25) is 0 Å². The largest absolute Gasteiger partial charge is 0.342 e. The molecule has 32 heavy (non-hydrogen) atoms. The summed E-state index contributed by atoms with van der Waals surface area (Å²) in [5.41, 5.74) is 2.59. The van der Waals surface area contributed by atoms with E-state index in [0.29, 0.717) is 11.8 Å². The van der Waals surface area contributed by atoms with Crippen LogP contribution in [0.15, 0.2) is 60.7 Å². The number of likely N-dealkylation sites (tertiary alicyclic amines) is 1. The standard InChI is InChI=1S/C27H33N3O2/c31-26(23-11-12-23)29-15-13-24(14-16-29)27(32)30-19-17-28(18-20-30)25(21-7-3-1-4-8-21)22-9-5-2-6-10-22/h1-10,23-25H,11-20H2. The number of carbonyl (C=O) groups is 2. The highest BCUT2D eigenvalue weighted by Crippen LogP contribution is 2.33. The van der Waals surface area contributed by atoms with Gasteiger partial charge in [-0.15, -0.1) is 0 Å². The van der Waals surface area contributed by atoms with E-state index in [1.54, 1.807) is 0 Å². The van der Waals surface area contributed by atoms with Gasteiger partial charge in [0, 0.05) is 51.1 Å². The van der Waals surface area contributed by atoms with Gasteiger partial charge in [0.2, 0.25) is 11.8 Å². The molecule has 5 rings (SSSR count). The van der Waals surface area contributed by atoms with Crippen molar-refractivity contribution in [2.75, 3.05) is 39.3 Å². The van der Waals surface area contributed by atoms with Gasteiger partial charge in [-0.2, -0.15) is 0 Å². The number of hydrogen-bond acceptors (Lipinski definition) is 3. The molecule has 1 saturated carbocycles. The van der Waals surface area contributed by atoms with Gasteiger partial charge in [0.25, 0.3) is 0 Å². The second kappa shape index (κ2) is 9.45. The van der Waals surface area contributed by atoms with E-state index >= 15 is 0 Å². The van der Waals surface area contributed by atoms with E-state index in [0.717, 1.165) is 65.0 Å². The molecule has 2 saturated heterocycles. The third-order valence-electron chi connectivity index (χ3n) is 7.30. The average Bonchev–Trinajstić information content (AvgIpc) is 3.71. The normalized spacial score (nSPS) is 20.5. The quantitative estimate of drug-likeness (QED) is 0.727. The maximum atomic E-state index is 13.2. The first-order chi connectivity index (χ1) is 15.7. The van der Waals surface area contributed by atoms with E-state index in [1.807, 2.05) is 4.90 Å². The predicted octanol–water partition coefficient (Wildman–Crippen LogP) is 3.57. The van der Waals surface area contributed by atoms with Crippen LogP contribution in [0, 0.1) is 11.8 Å². The summed E-state index contributed by atoms with van der Waals surface area (Å²) in [5, 5.41) is 0. The molecule has 0 unspecified atom stereocenters. The molecule has 5 nitrogen and oxygen atoms in total. The van der Waals surface area contributed by atoms with Crippen molar-refractivity contribution in [3.05, 3.63) is 71.8 Å². The van der Waals surface area contributed by atoms with Crippen LogP contribution in [0.3, 0.4) is 0 Å². The van der Waals surface area contributed by atoms with Gasteiger partial charge < -0.3 is 9.80 Å². The topological polar surface area (TPSA) is 43.9 Å². The monoisotopic (exact) mass is 431 g/mol. The van der Waals surface area contributed by atoms with E-state index in [-0.39, 0.29) is 17.9 Å². The predicted molar refractivity (Wildman–Crippen MR) is 125 cm³/mol. The van der Waals surface area contributed by atoms with Crippen molar-refractivity contribution in [2.24, 2.45) is 11.8 Å². The number of amides is 2. The van der Waals surface area contributed by atoms with E-state index < -0.39 is 0 Å². The lowest BCUT2D eigenvalue weighted by Crippen LogP contribution is -2.52. The molecule has 2 amide bonds. The Hall–Kier alpha value is -2.66. The molecule has 0 N–H and O–H groups in total. The molecule has 0 radical (unpaired) electrons. The van der Waals surface area contributed by atoms with E-state index in [1.165, 1.54) is 11.1 Å². The Labute approximate surface area is 191 Å². The highest BCUT2D eigenvalue weighted by molar-refractivity contribution is 5.82. The van der Waals surface area contributed by atoms with Crippen LogP contribution >= 0.6 is 0 Å². The van der Waals surface area contributed by atoms with Gasteiger partial charge in [-0.3, -0.25) is 14.5 Å². The zero-order valence-corrected chi connectivity index (χ0v) is 18.7. The first kappa shape index (κ1) is 21.2. The zero-order valence-electron chi connectivity index (χ0n) is 18.7. The smallest absolute Gasteiger partial charge is 0.225 e. The fraction of sp³-hybridized carbons (Fsp3) is 0.481. The van der Waals surface area contributed by atoms with Gasteiger partial charge >= 0.3 is 0 Å². The molecule has 3 aliphatic rings. The molecule has 5 heteroatoms. The zero-order chi connectivity index (χ0) is 21.9. The molecule has 1 aliphatic carbocycles. The Morgan fingerprint density at radius 1 is 0.594 bits per heavy atom. The maximum Gasteiger partial charge on any atom is 0.225 e. The summed E-state index contributed by atoms with van der Waals surface area (Å²) in [7, 11) is 0. The van der Waals surface area contributed by atoms with Gasteiger partial charge in [0.1, 0.15) is 0 Å². The summed E-state index contributed by atoms with van der Waals surface area (Å²) < 4.78 is 0. The SMILES string of the molecule is O=C(C1CC1)N1CCC(C(=O)N2CCN(C(c3ccccc3)c3ccccc3)CC2)CC1. The second-order valence-electron chi connectivity index (χ2n) is 9.46. The van der Waals surface area contributed by atoms with Crippen molar-refractivity contribution in [3.8, 4) is 0 Å². The van der Waals surface area contributed by atoms with Crippen molar-refractivity contribution < 1.29 is 9.59 Å². The second-order valence-corrected chi connectivity index (χ2v) is 9.46. The lowest BCUT2D eigenvalue weighted by Gasteiger charge is -2.41. The highest BCUT2D eigenvalue weighted by atomic mass is 16.2. The summed E-state index contributed by atoms with van der Waals surface area (Å²) >= 11 is 0. The molecule has 0 aromatic heterocycles. The molecule has 2 aromatic rings. The van der Waals surface area contributed by atoms with Crippen molar-refractivity contribution >= 4 is 11.8 Å². The summed E-state index contributed by atoms with van der Waals surface area (Å²) in [5.74, 6) is 0.956. The molecule has 3 fully saturated rings. The first-order valence-corrected chi connectivity index (χ1v) is 12.1. The Morgan fingerprint density at radius 3 is 1.50 bits per heavy atom. The summed E-state index contributed by atoms with van der Waals surface area (Å²) in [4.78, 5) is 32.1. The minimum absolute atomic E-state index is 0.0730. The number of carbonyl (C=O) groups excluding carboxylic acids is 2. The first-order valence-electron chi connectivity index (χ1n) is 12.1. The highest BCUT2D eigenvalue weighted by Gasteiger charge is 2.37.